The zero-order valence-electron chi connectivity index (χ0n) is 26.7. The summed E-state index contributed by atoms with van der Waals surface area (Å²) >= 11 is 0. The highest BCUT2D eigenvalue weighted by atomic mass is 16.3. The molecule has 0 saturated carbocycles. The van der Waals surface area contributed by atoms with E-state index in [1.54, 1.807) is 0 Å². The molecule has 0 saturated heterocycles. The van der Waals surface area contributed by atoms with Crippen LogP contribution < -0.4 is 4.90 Å². The Bertz CT molecular complexity index is 3010. The average Bonchev–Trinajstić information content (AvgIpc) is 3.56. The van der Waals surface area contributed by atoms with Gasteiger partial charge in [-0.2, -0.15) is 9.97 Å². The normalized spacial score (nSPS) is 12.4. The quantitative estimate of drug-likeness (QED) is 0.193. The van der Waals surface area contributed by atoms with Crippen LogP contribution in [-0.4, -0.2) is 15.0 Å². The number of hydrogen-bond donors (Lipinski definition) is 0. The number of rotatable bonds is 3. The molecule has 1 aliphatic rings. The van der Waals surface area contributed by atoms with Crippen molar-refractivity contribution < 1.29 is 4.42 Å². The van der Waals surface area contributed by atoms with Crippen molar-refractivity contribution in [2.45, 2.75) is 0 Å². The molecule has 3 heterocycles. The number of para-hydroxylation sites is 2. The lowest BCUT2D eigenvalue weighted by atomic mass is 9.88. The summed E-state index contributed by atoms with van der Waals surface area (Å²) in [4.78, 5) is 18.1. The van der Waals surface area contributed by atoms with Gasteiger partial charge in [0.25, 0.3) is 0 Å². The van der Waals surface area contributed by atoms with E-state index >= 15 is 0 Å². The van der Waals surface area contributed by atoms with Crippen LogP contribution in [0.1, 0.15) is 0 Å². The first-order valence-corrected chi connectivity index (χ1v) is 16.8. The van der Waals surface area contributed by atoms with E-state index in [-0.39, 0.29) is 0 Å². The second kappa shape index (κ2) is 10.3. The molecule has 232 valence electrons. The molecule has 0 bridgehead atoms. The van der Waals surface area contributed by atoms with Crippen molar-refractivity contribution in [2.75, 3.05) is 4.90 Å². The predicted molar refractivity (Wildman–Crippen MR) is 204 cm³/mol. The zero-order valence-corrected chi connectivity index (χ0v) is 26.7. The molecular formula is C45H26N4O. The highest BCUT2D eigenvalue weighted by molar-refractivity contribution is 6.19. The molecule has 10 aromatic rings. The molecule has 50 heavy (non-hydrogen) atoms. The summed E-state index contributed by atoms with van der Waals surface area (Å²) in [7, 11) is 0. The highest BCUT2D eigenvalue weighted by Gasteiger charge is 2.30. The zero-order chi connectivity index (χ0) is 32.8. The van der Waals surface area contributed by atoms with E-state index in [1.807, 2.05) is 24.3 Å². The fourth-order valence-corrected chi connectivity index (χ4v) is 7.84. The lowest BCUT2D eigenvalue weighted by Crippen LogP contribution is -2.19. The summed E-state index contributed by atoms with van der Waals surface area (Å²) in [5, 5.41) is 9.01. The number of anilines is 3. The Morgan fingerprint density at radius 2 is 1.00 bits per heavy atom. The van der Waals surface area contributed by atoms with Crippen molar-refractivity contribution in [3.63, 3.8) is 0 Å². The molecule has 11 rings (SSSR count). The Labute approximate surface area is 286 Å². The van der Waals surface area contributed by atoms with Gasteiger partial charge in [0.05, 0.1) is 16.9 Å². The van der Waals surface area contributed by atoms with Crippen molar-refractivity contribution in [3.8, 4) is 33.9 Å². The summed E-state index contributed by atoms with van der Waals surface area (Å²) in [5.41, 5.74) is 7.78. The molecule has 2 aromatic heterocycles. The van der Waals surface area contributed by atoms with Crippen LogP contribution >= 0.6 is 0 Å². The molecule has 0 amide bonds. The third-order valence-corrected chi connectivity index (χ3v) is 10.0. The minimum Gasteiger partial charge on any atom is -0.455 e. The van der Waals surface area contributed by atoms with Crippen LogP contribution in [0.4, 0.5) is 17.3 Å². The summed E-state index contributed by atoms with van der Waals surface area (Å²) in [6, 6.07) is 55.0. The first-order valence-electron chi connectivity index (χ1n) is 16.8. The number of benzene rings is 8. The van der Waals surface area contributed by atoms with Crippen LogP contribution in [0.5, 0.6) is 0 Å². The summed E-state index contributed by atoms with van der Waals surface area (Å²) in [6.07, 6.45) is 0. The molecule has 0 radical (unpaired) electrons. The van der Waals surface area contributed by atoms with Gasteiger partial charge in [0, 0.05) is 27.3 Å². The van der Waals surface area contributed by atoms with Gasteiger partial charge in [-0.05, 0) is 56.8 Å². The molecule has 0 spiro atoms. The molecular weight excluding hydrogens is 613 g/mol. The van der Waals surface area contributed by atoms with Crippen LogP contribution in [0.25, 0.3) is 88.2 Å². The van der Waals surface area contributed by atoms with Crippen molar-refractivity contribution in [1.29, 1.82) is 0 Å². The maximum Gasteiger partial charge on any atom is 0.238 e. The highest BCUT2D eigenvalue weighted by Crippen LogP contribution is 2.52. The van der Waals surface area contributed by atoms with Gasteiger partial charge in [-0.1, -0.05) is 133 Å². The van der Waals surface area contributed by atoms with E-state index in [4.69, 9.17) is 19.4 Å². The number of furan rings is 1. The van der Waals surface area contributed by atoms with Crippen molar-refractivity contribution in [1.82, 2.24) is 15.0 Å². The second-order valence-corrected chi connectivity index (χ2v) is 12.8. The topological polar surface area (TPSA) is 55.1 Å². The maximum absolute atomic E-state index is 6.52. The van der Waals surface area contributed by atoms with Crippen LogP contribution in [0.15, 0.2) is 162 Å². The van der Waals surface area contributed by atoms with Gasteiger partial charge in [-0.15, -0.1) is 0 Å². The van der Waals surface area contributed by atoms with E-state index in [1.165, 1.54) is 32.7 Å². The third kappa shape index (κ3) is 3.86. The third-order valence-electron chi connectivity index (χ3n) is 10.0. The number of fused-ring (bicyclic) bond motifs is 8. The van der Waals surface area contributed by atoms with E-state index < -0.39 is 0 Å². The summed E-state index contributed by atoms with van der Waals surface area (Å²) in [5.74, 6) is 1.70. The lowest BCUT2D eigenvalue weighted by molar-refractivity contribution is 0.669. The minimum absolute atomic E-state index is 0.546. The van der Waals surface area contributed by atoms with E-state index in [0.29, 0.717) is 17.6 Å². The molecule has 0 unspecified atom stereocenters. The van der Waals surface area contributed by atoms with Gasteiger partial charge in [0.2, 0.25) is 5.95 Å². The van der Waals surface area contributed by atoms with Crippen LogP contribution in [0.3, 0.4) is 0 Å². The Hall–Kier alpha value is -6.85. The minimum atomic E-state index is 0.546. The van der Waals surface area contributed by atoms with Gasteiger partial charge < -0.3 is 4.42 Å². The number of hydrogen-bond acceptors (Lipinski definition) is 5. The van der Waals surface area contributed by atoms with Crippen LogP contribution in [-0.2, 0) is 0 Å². The van der Waals surface area contributed by atoms with Crippen LogP contribution in [0.2, 0.25) is 0 Å². The van der Waals surface area contributed by atoms with Gasteiger partial charge >= 0.3 is 0 Å². The van der Waals surface area contributed by atoms with Crippen molar-refractivity contribution in [3.05, 3.63) is 158 Å². The smallest absolute Gasteiger partial charge is 0.238 e. The molecule has 0 aliphatic carbocycles. The van der Waals surface area contributed by atoms with Crippen molar-refractivity contribution in [2.24, 2.45) is 0 Å². The van der Waals surface area contributed by atoms with E-state index in [2.05, 4.69) is 138 Å². The predicted octanol–water partition coefficient (Wildman–Crippen LogP) is 12.0. The van der Waals surface area contributed by atoms with Gasteiger partial charge in [-0.25, -0.2) is 4.98 Å². The standard InChI is InChI=1S/C45H26N4O/c1-3-16-30-27(11-1)13-7-20-34(30)43-46-44(36-22-10-19-33-32-18-5-6-24-39(32)50-42(33)36)48-45(47-43)49-37-23-9-15-29-14-8-21-35(40(29)37)41-31-17-4-2-12-28(31)25-26-38(41)49/h1-26H. The monoisotopic (exact) mass is 638 g/mol. The first kappa shape index (κ1) is 27.1. The largest absolute Gasteiger partial charge is 0.455 e. The maximum atomic E-state index is 6.52. The second-order valence-electron chi connectivity index (χ2n) is 12.8. The summed E-state index contributed by atoms with van der Waals surface area (Å²) < 4.78 is 6.52. The van der Waals surface area contributed by atoms with E-state index in [9.17, 15) is 0 Å². The van der Waals surface area contributed by atoms with Crippen LogP contribution in [0, 0.1) is 0 Å². The fraction of sp³-hybridized carbons (Fsp3) is 0. The molecule has 5 nitrogen and oxygen atoms in total. The Balaban J connectivity index is 1.26. The molecule has 8 aromatic carbocycles. The Kier molecular flexibility index (Phi) is 5.60. The molecule has 5 heteroatoms. The Morgan fingerprint density at radius 3 is 1.86 bits per heavy atom. The fourth-order valence-electron chi connectivity index (χ4n) is 7.84. The van der Waals surface area contributed by atoms with Gasteiger partial charge in [0.1, 0.15) is 11.2 Å². The van der Waals surface area contributed by atoms with Crippen molar-refractivity contribution >= 4 is 71.6 Å². The SMILES string of the molecule is c1ccc2c(-c3nc(-c4cccc5c4oc4ccccc45)nc(N4c5ccc6ccccc6c5-c5cccc6cccc4c56)n3)cccc2c1. The van der Waals surface area contributed by atoms with Gasteiger partial charge in [-0.3, -0.25) is 4.90 Å². The molecule has 0 fully saturated rings. The summed E-state index contributed by atoms with van der Waals surface area (Å²) in [6.45, 7) is 0. The Morgan fingerprint density at radius 1 is 0.400 bits per heavy atom. The lowest BCUT2D eigenvalue weighted by Gasteiger charge is -2.32. The van der Waals surface area contributed by atoms with Gasteiger partial charge in [0.15, 0.2) is 11.6 Å². The molecule has 0 atom stereocenters. The number of nitrogens with zero attached hydrogens (tertiary/aromatic N) is 4. The number of aromatic nitrogens is 3. The van der Waals surface area contributed by atoms with E-state index in [0.717, 1.165) is 55.2 Å². The molecule has 0 N–H and O–H groups in total. The first-order chi connectivity index (χ1) is 24.8. The molecule has 1 aliphatic heterocycles. The average molecular weight is 639 g/mol.